The van der Waals surface area contributed by atoms with Crippen LogP contribution in [0.15, 0.2) is 46.9 Å². The summed E-state index contributed by atoms with van der Waals surface area (Å²) >= 11 is 3.48. The van der Waals surface area contributed by atoms with E-state index >= 15 is 0 Å². The second-order valence-electron chi connectivity index (χ2n) is 5.23. The summed E-state index contributed by atoms with van der Waals surface area (Å²) in [6, 6.07) is 14.3. The van der Waals surface area contributed by atoms with Crippen molar-refractivity contribution in [1.82, 2.24) is 4.90 Å². The Balaban J connectivity index is 1.88. The maximum Gasteiger partial charge on any atom is 0.255 e. The number of hydrogen-bond donors (Lipinski definition) is 0. The Labute approximate surface area is 127 Å². The number of halogens is 1. The first-order chi connectivity index (χ1) is 9.65. The number of hydrogen-bond acceptors (Lipinski definition) is 1. The van der Waals surface area contributed by atoms with Crippen LogP contribution in [-0.2, 0) is 13.0 Å². The minimum absolute atomic E-state index is 0.107. The zero-order valence-electron chi connectivity index (χ0n) is 11.4. The summed E-state index contributed by atoms with van der Waals surface area (Å²) in [7, 11) is 0. The summed E-state index contributed by atoms with van der Waals surface area (Å²) in [6.45, 7) is 3.50. The van der Waals surface area contributed by atoms with E-state index in [0.717, 1.165) is 28.6 Å². The summed E-state index contributed by atoms with van der Waals surface area (Å²) in [4.78, 5) is 14.6. The number of carbonyl (C=O) groups excluding carboxylic acids is 1. The van der Waals surface area contributed by atoms with Gasteiger partial charge in [0.2, 0.25) is 0 Å². The Hall–Kier alpha value is -1.61. The molecule has 0 N–H and O–H groups in total. The van der Waals surface area contributed by atoms with Gasteiger partial charge in [0.15, 0.2) is 0 Å². The third-order valence-electron chi connectivity index (χ3n) is 3.77. The van der Waals surface area contributed by atoms with Crippen LogP contribution in [0.4, 0.5) is 0 Å². The molecule has 0 aromatic heterocycles. The first kappa shape index (κ1) is 13.4. The SMILES string of the molecule is Cc1ccc(Br)c(C(=O)N2CCc3ccccc3C2)c1. The van der Waals surface area contributed by atoms with Gasteiger partial charge in [-0.1, -0.05) is 35.9 Å². The van der Waals surface area contributed by atoms with Crippen LogP contribution in [0.2, 0.25) is 0 Å². The molecule has 0 aliphatic carbocycles. The highest BCUT2D eigenvalue weighted by Gasteiger charge is 2.22. The lowest BCUT2D eigenvalue weighted by atomic mass is 9.99. The van der Waals surface area contributed by atoms with Crippen LogP contribution in [-0.4, -0.2) is 17.4 Å². The van der Waals surface area contributed by atoms with Gasteiger partial charge in [-0.2, -0.15) is 0 Å². The molecule has 1 aliphatic rings. The first-order valence-corrected chi connectivity index (χ1v) is 7.56. The van der Waals surface area contributed by atoms with E-state index in [1.54, 1.807) is 0 Å². The van der Waals surface area contributed by atoms with Gasteiger partial charge in [0.05, 0.1) is 5.56 Å². The lowest BCUT2D eigenvalue weighted by molar-refractivity contribution is 0.0733. The number of fused-ring (bicyclic) bond motifs is 1. The molecular weight excluding hydrogens is 314 g/mol. The number of aryl methyl sites for hydroxylation is 1. The molecule has 0 saturated carbocycles. The van der Waals surface area contributed by atoms with E-state index in [2.05, 4.69) is 34.1 Å². The van der Waals surface area contributed by atoms with Crippen molar-refractivity contribution in [3.63, 3.8) is 0 Å². The van der Waals surface area contributed by atoms with E-state index < -0.39 is 0 Å². The van der Waals surface area contributed by atoms with Gasteiger partial charge < -0.3 is 4.90 Å². The van der Waals surface area contributed by atoms with Crippen LogP contribution >= 0.6 is 15.9 Å². The lowest BCUT2D eigenvalue weighted by Crippen LogP contribution is -2.36. The number of nitrogens with zero attached hydrogens (tertiary/aromatic N) is 1. The maximum absolute atomic E-state index is 12.7. The van der Waals surface area contributed by atoms with Crippen LogP contribution in [0.5, 0.6) is 0 Å². The van der Waals surface area contributed by atoms with E-state index in [0.29, 0.717) is 6.54 Å². The van der Waals surface area contributed by atoms with Crippen LogP contribution in [0.3, 0.4) is 0 Å². The average molecular weight is 330 g/mol. The van der Waals surface area contributed by atoms with Crippen LogP contribution in [0.1, 0.15) is 27.0 Å². The zero-order valence-corrected chi connectivity index (χ0v) is 13.0. The van der Waals surface area contributed by atoms with Gasteiger partial charge in [0, 0.05) is 17.6 Å². The van der Waals surface area contributed by atoms with Crippen molar-refractivity contribution >= 4 is 21.8 Å². The molecule has 0 spiro atoms. The van der Waals surface area contributed by atoms with Gasteiger partial charge in [-0.15, -0.1) is 0 Å². The Kier molecular flexibility index (Phi) is 3.62. The Bertz CT molecular complexity index is 666. The molecule has 2 aromatic carbocycles. The van der Waals surface area contributed by atoms with Gasteiger partial charge in [-0.05, 0) is 52.5 Å². The van der Waals surface area contributed by atoms with Crippen molar-refractivity contribution < 1.29 is 4.79 Å². The van der Waals surface area contributed by atoms with E-state index in [-0.39, 0.29) is 5.91 Å². The summed E-state index contributed by atoms with van der Waals surface area (Å²) in [6.07, 6.45) is 0.936. The number of amides is 1. The summed E-state index contributed by atoms with van der Waals surface area (Å²) in [5, 5.41) is 0. The second kappa shape index (κ2) is 5.41. The first-order valence-electron chi connectivity index (χ1n) is 6.77. The smallest absolute Gasteiger partial charge is 0.255 e. The molecule has 2 aromatic rings. The molecule has 2 nitrogen and oxygen atoms in total. The fourth-order valence-electron chi connectivity index (χ4n) is 2.64. The number of benzene rings is 2. The van der Waals surface area contributed by atoms with Gasteiger partial charge in [-0.3, -0.25) is 4.79 Å². The highest BCUT2D eigenvalue weighted by Crippen LogP contribution is 2.24. The normalized spacial score (nSPS) is 14.0. The third kappa shape index (κ3) is 2.50. The van der Waals surface area contributed by atoms with Gasteiger partial charge >= 0.3 is 0 Å². The van der Waals surface area contributed by atoms with Crippen LogP contribution < -0.4 is 0 Å². The molecule has 3 heteroatoms. The molecule has 0 fully saturated rings. The van der Waals surface area contributed by atoms with E-state index in [1.807, 2.05) is 36.1 Å². The topological polar surface area (TPSA) is 20.3 Å². The lowest BCUT2D eigenvalue weighted by Gasteiger charge is -2.29. The fourth-order valence-corrected chi connectivity index (χ4v) is 3.06. The van der Waals surface area contributed by atoms with Crippen molar-refractivity contribution in [3.05, 3.63) is 69.2 Å². The summed E-state index contributed by atoms with van der Waals surface area (Å²) in [5.74, 6) is 0.107. The molecule has 0 saturated heterocycles. The molecule has 3 rings (SSSR count). The fraction of sp³-hybridized carbons (Fsp3) is 0.235. The van der Waals surface area contributed by atoms with Crippen molar-refractivity contribution in [3.8, 4) is 0 Å². The molecule has 102 valence electrons. The quantitative estimate of drug-likeness (QED) is 0.775. The van der Waals surface area contributed by atoms with E-state index in [4.69, 9.17) is 0 Å². The molecule has 20 heavy (non-hydrogen) atoms. The monoisotopic (exact) mass is 329 g/mol. The minimum atomic E-state index is 0.107. The predicted molar refractivity (Wildman–Crippen MR) is 83.8 cm³/mol. The Morgan fingerprint density at radius 2 is 1.90 bits per heavy atom. The van der Waals surface area contributed by atoms with E-state index in [9.17, 15) is 4.79 Å². The van der Waals surface area contributed by atoms with Gasteiger partial charge in [0.25, 0.3) is 5.91 Å². The second-order valence-corrected chi connectivity index (χ2v) is 6.08. The molecule has 0 unspecified atom stereocenters. The van der Waals surface area contributed by atoms with Crippen molar-refractivity contribution in [1.29, 1.82) is 0 Å². The Morgan fingerprint density at radius 3 is 2.70 bits per heavy atom. The molecule has 0 bridgehead atoms. The predicted octanol–water partition coefficient (Wildman–Crippen LogP) is 3.96. The van der Waals surface area contributed by atoms with Crippen molar-refractivity contribution in [2.75, 3.05) is 6.54 Å². The number of rotatable bonds is 1. The molecular formula is C17H16BrNO. The van der Waals surface area contributed by atoms with Crippen LogP contribution in [0, 0.1) is 6.92 Å². The van der Waals surface area contributed by atoms with Gasteiger partial charge in [0.1, 0.15) is 0 Å². The average Bonchev–Trinajstić information content (AvgIpc) is 2.48. The summed E-state index contributed by atoms with van der Waals surface area (Å²) in [5.41, 5.74) is 4.48. The van der Waals surface area contributed by atoms with E-state index in [1.165, 1.54) is 11.1 Å². The van der Waals surface area contributed by atoms with Gasteiger partial charge in [-0.25, -0.2) is 0 Å². The molecule has 0 atom stereocenters. The zero-order chi connectivity index (χ0) is 14.1. The van der Waals surface area contributed by atoms with Crippen LogP contribution in [0.25, 0.3) is 0 Å². The van der Waals surface area contributed by atoms with Crippen molar-refractivity contribution in [2.24, 2.45) is 0 Å². The largest absolute Gasteiger partial charge is 0.334 e. The molecule has 1 heterocycles. The Morgan fingerprint density at radius 1 is 1.15 bits per heavy atom. The summed E-state index contributed by atoms with van der Waals surface area (Å²) < 4.78 is 0.868. The minimum Gasteiger partial charge on any atom is -0.334 e. The third-order valence-corrected chi connectivity index (χ3v) is 4.46. The molecule has 1 amide bonds. The molecule has 0 radical (unpaired) electrons. The van der Waals surface area contributed by atoms with Crippen molar-refractivity contribution in [2.45, 2.75) is 19.9 Å². The highest BCUT2D eigenvalue weighted by atomic mass is 79.9. The molecule has 1 aliphatic heterocycles. The maximum atomic E-state index is 12.7. The number of carbonyl (C=O) groups is 1. The standard InChI is InChI=1S/C17H16BrNO/c1-12-6-7-16(18)15(10-12)17(20)19-9-8-13-4-2-3-5-14(13)11-19/h2-7,10H,8-9,11H2,1H3. The highest BCUT2D eigenvalue weighted by molar-refractivity contribution is 9.10.